The van der Waals surface area contributed by atoms with Gasteiger partial charge in [0.15, 0.2) is 0 Å². The molecule has 0 amide bonds. The van der Waals surface area contributed by atoms with E-state index in [1.807, 2.05) is 25.1 Å². The van der Waals surface area contributed by atoms with E-state index in [1.54, 1.807) is 7.11 Å². The van der Waals surface area contributed by atoms with Crippen molar-refractivity contribution in [3.63, 3.8) is 0 Å². The first-order valence-corrected chi connectivity index (χ1v) is 6.05. The van der Waals surface area contributed by atoms with Crippen LogP contribution in [0, 0.1) is 0 Å². The Kier molecular flexibility index (Phi) is 6.45. The Morgan fingerprint density at radius 2 is 1.94 bits per heavy atom. The standard InChI is InChI=1S/C12H17BrO3/c1-3-15-6-7-16-9-10-4-5-11(13)12(8-10)14-2/h4-5,8H,3,6-7,9H2,1-2H3. The van der Waals surface area contributed by atoms with E-state index in [0.29, 0.717) is 19.8 Å². The van der Waals surface area contributed by atoms with Crippen LogP contribution in [0.25, 0.3) is 0 Å². The first-order chi connectivity index (χ1) is 7.77. The molecule has 0 saturated heterocycles. The van der Waals surface area contributed by atoms with Gasteiger partial charge in [-0.15, -0.1) is 0 Å². The second-order valence-corrected chi connectivity index (χ2v) is 4.07. The van der Waals surface area contributed by atoms with E-state index < -0.39 is 0 Å². The Balaban J connectivity index is 2.36. The number of halogens is 1. The van der Waals surface area contributed by atoms with Crippen molar-refractivity contribution >= 4 is 15.9 Å². The number of benzene rings is 1. The molecule has 0 heterocycles. The minimum atomic E-state index is 0.580. The fraction of sp³-hybridized carbons (Fsp3) is 0.500. The molecule has 0 N–H and O–H groups in total. The molecule has 0 aromatic heterocycles. The van der Waals surface area contributed by atoms with E-state index in [-0.39, 0.29) is 0 Å². The smallest absolute Gasteiger partial charge is 0.133 e. The molecule has 1 aromatic carbocycles. The normalized spacial score (nSPS) is 10.4. The molecule has 90 valence electrons. The fourth-order valence-corrected chi connectivity index (χ4v) is 1.65. The average Bonchev–Trinajstić information content (AvgIpc) is 2.31. The number of hydrogen-bond donors (Lipinski definition) is 0. The SMILES string of the molecule is CCOCCOCc1ccc(Br)c(OC)c1. The fourth-order valence-electron chi connectivity index (χ4n) is 1.25. The zero-order chi connectivity index (χ0) is 11.8. The third-order valence-electron chi connectivity index (χ3n) is 2.06. The highest BCUT2D eigenvalue weighted by Gasteiger charge is 2.01. The van der Waals surface area contributed by atoms with Gasteiger partial charge in [0.1, 0.15) is 5.75 Å². The molecule has 0 fully saturated rings. The van der Waals surface area contributed by atoms with Gasteiger partial charge in [-0.3, -0.25) is 0 Å². The summed E-state index contributed by atoms with van der Waals surface area (Å²) >= 11 is 3.41. The van der Waals surface area contributed by atoms with Crippen molar-refractivity contribution < 1.29 is 14.2 Å². The van der Waals surface area contributed by atoms with Crippen LogP contribution in [0.4, 0.5) is 0 Å². The zero-order valence-electron chi connectivity index (χ0n) is 9.66. The van der Waals surface area contributed by atoms with Gasteiger partial charge in [0, 0.05) is 6.61 Å². The van der Waals surface area contributed by atoms with Crippen molar-refractivity contribution in [2.24, 2.45) is 0 Å². The minimum Gasteiger partial charge on any atom is -0.496 e. The van der Waals surface area contributed by atoms with Gasteiger partial charge in [-0.1, -0.05) is 6.07 Å². The van der Waals surface area contributed by atoms with Gasteiger partial charge >= 0.3 is 0 Å². The monoisotopic (exact) mass is 288 g/mol. The van der Waals surface area contributed by atoms with Crippen LogP contribution >= 0.6 is 15.9 Å². The summed E-state index contributed by atoms with van der Waals surface area (Å²) in [4.78, 5) is 0. The van der Waals surface area contributed by atoms with Gasteiger partial charge in [0.05, 0.1) is 31.4 Å². The summed E-state index contributed by atoms with van der Waals surface area (Å²) in [5.74, 6) is 0.825. The van der Waals surface area contributed by atoms with Crippen LogP contribution in [-0.4, -0.2) is 26.9 Å². The highest BCUT2D eigenvalue weighted by molar-refractivity contribution is 9.10. The van der Waals surface area contributed by atoms with E-state index >= 15 is 0 Å². The van der Waals surface area contributed by atoms with Gasteiger partial charge < -0.3 is 14.2 Å². The third kappa shape index (κ3) is 4.51. The van der Waals surface area contributed by atoms with Crippen LogP contribution in [0.15, 0.2) is 22.7 Å². The van der Waals surface area contributed by atoms with E-state index in [1.165, 1.54) is 0 Å². The molecule has 3 nitrogen and oxygen atoms in total. The zero-order valence-corrected chi connectivity index (χ0v) is 11.2. The van der Waals surface area contributed by atoms with Crippen molar-refractivity contribution in [1.82, 2.24) is 0 Å². The summed E-state index contributed by atoms with van der Waals surface area (Å²) in [5.41, 5.74) is 1.09. The second-order valence-electron chi connectivity index (χ2n) is 3.22. The Morgan fingerprint density at radius 3 is 2.62 bits per heavy atom. The molecule has 0 bridgehead atoms. The van der Waals surface area contributed by atoms with Crippen LogP contribution in [-0.2, 0) is 16.1 Å². The lowest BCUT2D eigenvalue weighted by molar-refractivity contribution is 0.0452. The highest BCUT2D eigenvalue weighted by Crippen LogP contribution is 2.25. The lowest BCUT2D eigenvalue weighted by Gasteiger charge is -2.07. The summed E-state index contributed by atoms with van der Waals surface area (Å²) in [7, 11) is 1.65. The molecule has 0 aliphatic carbocycles. The van der Waals surface area contributed by atoms with Crippen LogP contribution in [0.3, 0.4) is 0 Å². The molecular formula is C12H17BrO3. The Bertz CT molecular complexity index is 315. The number of ether oxygens (including phenoxy) is 3. The first-order valence-electron chi connectivity index (χ1n) is 5.25. The van der Waals surface area contributed by atoms with E-state index in [2.05, 4.69) is 15.9 Å². The van der Waals surface area contributed by atoms with Gasteiger partial charge in [0.25, 0.3) is 0 Å². The van der Waals surface area contributed by atoms with Crippen molar-refractivity contribution in [3.8, 4) is 5.75 Å². The van der Waals surface area contributed by atoms with Gasteiger partial charge in [-0.25, -0.2) is 0 Å². The minimum absolute atomic E-state index is 0.580. The molecule has 0 spiro atoms. The number of rotatable bonds is 7. The molecule has 4 heteroatoms. The van der Waals surface area contributed by atoms with Gasteiger partial charge in [-0.05, 0) is 40.5 Å². The van der Waals surface area contributed by atoms with Crippen LogP contribution in [0.5, 0.6) is 5.75 Å². The van der Waals surface area contributed by atoms with E-state index in [4.69, 9.17) is 14.2 Å². The predicted octanol–water partition coefficient (Wildman–Crippen LogP) is 3.01. The molecule has 0 unspecified atom stereocenters. The Labute approximate surface area is 105 Å². The van der Waals surface area contributed by atoms with Crippen LogP contribution < -0.4 is 4.74 Å². The summed E-state index contributed by atoms with van der Waals surface area (Å²) < 4.78 is 16.8. The third-order valence-corrected chi connectivity index (χ3v) is 2.72. The Morgan fingerprint density at radius 1 is 1.19 bits per heavy atom. The summed E-state index contributed by atoms with van der Waals surface area (Å²) in [5, 5.41) is 0. The molecule has 0 saturated carbocycles. The topological polar surface area (TPSA) is 27.7 Å². The average molecular weight is 289 g/mol. The van der Waals surface area contributed by atoms with Gasteiger partial charge in [0.2, 0.25) is 0 Å². The predicted molar refractivity (Wildman–Crippen MR) is 66.8 cm³/mol. The highest BCUT2D eigenvalue weighted by atomic mass is 79.9. The molecule has 0 atom stereocenters. The molecule has 0 aliphatic rings. The molecule has 1 rings (SSSR count). The summed E-state index contributed by atoms with van der Waals surface area (Å²) in [6, 6.07) is 5.93. The van der Waals surface area contributed by atoms with Crippen LogP contribution in [0.2, 0.25) is 0 Å². The molecule has 1 aromatic rings. The number of methoxy groups -OCH3 is 1. The first kappa shape index (κ1) is 13.5. The lowest BCUT2D eigenvalue weighted by Crippen LogP contribution is -2.04. The Hall–Kier alpha value is -0.580. The van der Waals surface area contributed by atoms with Crippen molar-refractivity contribution in [3.05, 3.63) is 28.2 Å². The number of hydrogen-bond acceptors (Lipinski definition) is 3. The van der Waals surface area contributed by atoms with Crippen LogP contribution in [0.1, 0.15) is 12.5 Å². The maximum absolute atomic E-state index is 5.47. The molecule has 0 aliphatic heterocycles. The quantitative estimate of drug-likeness (QED) is 0.722. The maximum atomic E-state index is 5.47. The molecular weight excluding hydrogens is 272 g/mol. The molecule has 16 heavy (non-hydrogen) atoms. The second kappa shape index (κ2) is 7.65. The van der Waals surface area contributed by atoms with Crippen molar-refractivity contribution in [2.45, 2.75) is 13.5 Å². The summed E-state index contributed by atoms with van der Waals surface area (Å²) in [6.45, 7) is 4.54. The van der Waals surface area contributed by atoms with E-state index in [9.17, 15) is 0 Å². The van der Waals surface area contributed by atoms with Crippen molar-refractivity contribution in [1.29, 1.82) is 0 Å². The molecule has 0 radical (unpaired) electrons. The van der Waals surface area contributed by atoms with E-state index in [0.717, 1.165) is 22.4 Å². The summed E-state index contributed by atoms with van der Waals surface area (Å²) in [6.07, 6.45) is 0. The van der Waals surface area contributed by atoms with Crippen molar-refractivity contribution in [2.75, 3.05) is 26.9 Å². The maximum Gasteiger partial charge on any atom is 0.133 e. The van der Waals surface area contributed by atoms with Gasteiger partial charge in [-0.2, -0.15) is 0 Å². The largest absolute Gasteiger partial charge is 0.496 e. The lowest BCUT2D eigenvalue weighted by atomic mass is 10.2.